The summed E-state index contributed by atoms with van der Waals surface area (Å²) in [5.74, 6) is -0.270. The second-order valence-corrected chi connectivity index (χ2v) is 17.0. The highest BCUT2D eigenvalue weighted by Crippen LogP contribution is 2.28. The summed E-state index contributed by atoms with van der Waals surface area (Å²) >= 11 is 1.55. The van der Waals surface area contributed by atoms with Gasteiger partial charge in [0.25, 0.3) is 0 Å². The first-order valence-corrected chi connectivity index (χ1v) is 20.4. The van der Waals surface area contributed by atoms with Crippen LogP contribution in [0, 0.1) is 11.8 Å². The van der Waals surface area contributed by atoms with Crippen LogP contribution in [0.15, 0.2) is 70.0 Å². The third kappa shape index (κ3) is 11.3. The number of hydrogen-bond acceptors (Lipinski definition) is 9. The monoisotopic (exact) mass is 754 g/mol. The molecule has 0 saturated heterocycles. The van der Waals surface area contributed by atoms with Crippen molar-refractivity contribution in [1.29, 1.82) is 0 Å². The van der Waals surface area contributed by atoms with E-state index in [0.717, 1.165) is 41.9 Å². The number of urea groups is 1. The minimum absolute atomic E-state index is 0.0539. The molecule has 3 aromatic rings. The summed E-state index contributed by atoms with van der Waals surface area (Å²) in [5.41, 5.74) is 2.16. The van der Waals surface area contributed by atoms with E-state index in [1.54, 1.807) is 30.5 Å². The Kier molecular flexibility index (Phi) is 15.2. The normalized spacial score (nSPS) is 16.2. The molecule has 3 amide bonds. The molecule has 4 atom stereocenters. The van der Waals surface area contributed by atoms with Gasteiger partial charge in [-0.2, -0.15) is 4.31 Å². The first-order valence-electron chi connectivity index (χ1n) is 18.1. The first kappa shape index (κ1) is 40.9. The maximum Gasteiger partial charge on any atom is 0.318 e. The molecule has 4 N–H and O–H groups in total. The van der Waals surface area contributed by atoms with Gasteiger partial charge in [-0.25, -0.2) is 18.2 Å². The van der Waals surface area contributed by atoms with Gasteiger partial charge in [0.1, 0.15) is 6.04 Å². The van der Waals surface area contributed by atoms with Crippen LogP contribution in [0.2, 0.25) is 0 Å². The Balaban J connectivity index is 1.56. The molecule has 4 rings (SSSR count). The molecule has 284 valence electrons. The molecule has 0 radical (unpaired) electrons. The van der Waals surface area contributed by atoms with Gasteiger partial charge in [-0.3, -0.25) is 4.79 Å². The first-order chi connectivity index (χ1) is 24.8. The highest BCUT2D eigenvalue weighted by atomic mass is 32.2. The molecule has 2 aromatic carbocycles. The van der Waals surface area contributed by atoms with E-state index in [1.807, 2.05) is 49.6 Å². The maximum atomic E-state index is 14.1. The van der Waals surface area contributed by atoms with Crippen molar-refractivity contribution in [1.82, 2.24) is 24.8 Å². The molecule has 0 aliphatic heterocycles. The molecule has 0 unspecified atom stereocenters. The Morgan fingerprint density at radius 3 is 2.33 bits per heavy atom. The van der Waals surface area contributed by atoms with Crippen LogP contribution < -0.4 is 10.6 Å². The molecule has 0 bridgehead atoms. The van der Waals surface area contributed by atoms with E-state index in [1.165, 1.54) is 27.6 Å². The van der Waals surface area contributed by atoms with Crippen LogP contribution in [-0.2, 0) is 27.8 Å². The minimum atomic E-state index is -4.05. The maximum absolute atomic E-state index is 14.1. The predicted octanol–water partition coefficient (Wildman–Crippen LogP) is 5.60. The zero-order valence-electron chi connectivity index (χ0n) is 30.8. The van der Waals surface area contributed by atoms with Crippen LogP contribution >= 0.6 is 11.3 Å². The number of carbonyl (C=O) groups is 2. The Bertz CT molecular complexity index is 1710. The number of rotatable bonds is 18. The number of amides is 3. The van der Waals surface area contributed by atoms with Crippen molar-refractivity contribution < 1.29 is 28.3 Å². The highest BCUT2D eigenvalue weighted by molar-refractivity contribution is 7.89. The number of aliphatic hydroxyl groups is 1. The van der Waals surface area contributed by atoms with Gasteiger partial charge in [0, 0.05) is 31.4 Å². The van der Waals surface area contributed by atoms with Gasteiger partial charge in [0.15, 0.2) is 0 Å². The quantitative estimate of drug-likeness (QED) is 0.0746. The molecule has 0 spiro atoms. The molecule has 1 aliphatic rings. The third-order valence-corrected chi connectivity index (χ3v) is 12.8. The van der Waals surface area contributed by atoms with Crippen LogP contribution in [0.3, 0.4) is 0 Å². The summed E-state index contributed by atoms with van der Waals surface area (Å²) in [5, 5.41) is 32.6. The molecule has 1 heterocycles. The Morgan fingerprint density at radius 1 is 1.06 bits per heavy atom. The van der Waals surface area contributed by atoms with Gasteiger partial charge in [0.2, 0.25) is 15.9 Å². The second kappa shape index (κ2) is 19.3. The summed E-state index contributed by atoms with van der Waals surface area (Å²) in [6, 6.07) is 13.2. The van der Waals surface area contributed by atoms with Crippen molar-refractivity contribution in [2.75, 3.05) is 20.1 Å². The number of nitrogens with one attached hydrogen (secondary N) is 2. The zero-order valence-corrected chi connectivity index (χ0v) is 32.4. The van der Waals surface area contributed by atoms with E-state index in [2.05, 4.69) is 34.6 Å². The standard InChI is InChI=1S/C38H54N6O6S2/c1-6-27(4)35(42-38(47)43(5)23-31-25-51-37(40-31)26(2)3)36(46)41-33(20-28-12-8-7-9-13-28)34(45)24-44(22-30-14-10-11-15-30)52(49,50)32-18-16-29(17-19-32)21-39-48/h7-9,12-13,16-19,21,25-27,30,33-35,45,48H,6,10-11,14-15,20,22-24H2,1-5H3,(H,41,46)(H,42,47)/t27-,33-,34+,35-/m0/s1. The average molecular weight is 755 g/mol. The van der Waals surface area contributed by atoms with Crippen molar-refractivity contribution in [2.45, 2.75) is 102 Å². The fourth-order valence-corrected chi connectivity index (χ4v) is 8.73. The smallest absolute Gasteiger partial charge is 0.318 e. The van der Waals surface area contributed by atoms with E-state index in [0.29, 0.717) is 12.0 Å². The average Bonchev–Trinajstić information content (AvgIpc) is 3.83. The van der Waals surface area contributed by atoms with E-state index in [4.69, 9.17) is 5.21 Å². The number of aliphatic hydroxyl groups excluding tert-OH is 1. The largest absolute Gasteiger partial charge is 0.411 e. The SMILES string of the molecule is CC[C@H](C)[C@H](NC(=O)N(C)Cc1csc(C(C)C)n1)C(=O)N[C@@H](Cc1ccccc1)[C@H](O)CN(CC1CCCC1)S(=O)(=O)c1ccc(C=NO)cc1. The van der Waals surface area contributed by atoms with Crippen molar-refractivity contribution in [2.24, 2.45) is 17.0 Å². The Labute approximate surface area is 312 Å². The number of oxime groups is 1. The van der Waals surface area contributed by atoms with Gasteiger partial charge in [0.05, 0.1) is 40.5 Å². The number of carbonyl (C=O) groups excluding carboxylic acids is 2. The Hall–Kier alpha value is -3.85. The van der Waals surface area contributed by atoms with Gasteiger partial charge >= 0.3 is 6.03 Å². The van der Waals surface area contributed by atoms with Crippen molar-refractivity contribution >= 4 is 39.5 Å². The second-order valence-electron chi connectivity index (χ2n) is 14.2. The third-order valence-electron chi connectivity index (χ3n) is 9.73. The van der Waals surface area contributed by atoms with Crippen LogP contribution in [-0.4, -0.2) is 89.4 Å². The number of nitrogens with zero attached hydrogens (tertiary/aromatic N) is 4. The fraction of sp³-hybridized carbons (Fsp3) is 0.526. The lowest BCUT2D eigenvalue weighted by molar-refractivity contribution is -0.125. The van der Waals surface area contributed by atoms with Crippen LogP contribution in [0.4, 0.5) is 4.79 Å². The van der Waals surface area contributed by atoms with Crippen LogP contribution in [0.25, 0.3) is 0 Å². The van der Waals surface area contributed by atoms with Gasteiger partial charge < -0.3 is 25.8 Å². The van der Waals surface area contributed by atoms with Gasteiger partial charge in [-0.15, -0.1) is 11.3 Å². The lowest BCUT2D eigenvalue weighted by Crippen LogP contribution is -2.58. The van der Waals surface area contributed by atoms with Crippen LogP contribution in [0.5, 0.6) is 0 Å². The number of aromatic nitrogens is 1. The zero-order chi connectivity index (χ0) is 37.8. The molecule has 1 aromatic heterocycles. The summed E-state index contributed by atoms with van der Waals surface area (Å²) in [4.78, 5) is 33.7. The van der Waals surface area contributed by atoms with Crippen LogP contribution in [0.1, 0.15) is 87.5 Å². The molecule has 1 fully saturated rings. The lowest BCUT2D eigenvalue weighted by atomic mass is 9.96. The van der Waals surface area contributed by atoms with E-state index >= 15 is 0 Å². The molecule has 14 heteroatoms. The van der Waals surface area contributed by atoms with Gasteiger partial charge in [-0.05, 0) is 54.4 Å². The molecular formula is C38H54N6O6S2. The van der Waals surface area contributed by atoms with E-state index < -0.39 is 40.1 Å². The molecule has 1 saturated carbocycles. The number of sulfonamides is 1. The topological polar surface area (TPSA) is 165 Å². The molecular weight excluding hydrogens is 701 g/mol. The summed E-state index contributed by atoms with van der Waals surface area (Å²) in [7, 11) is -2.39. The summed E-state index contributed by atoms with van der Waals surface area (Å²) in [6.45, 7) is 8.23. The van der Waals surface area contributed by atoms with Gasteiger partial charge in [-0.1, -0.05) is 94.6 Å². The van der Waals surface area contributed by atoms with E-state index in [-0.39, 0.29) is 48.7 Å². The molecule has 1 aliphatic carbocycles. The molecule has 12 nitrogen and oxygen atoms in total. The number of thiazole rings is 1. The number of benzene rings is 2. The summed E-state index contributed by atoms with van der Waals surface area (Å²) in [6.07, 6.45) is 4.60. The van der Waals surface area contributed by atoms with Crippen molar-refractivity contribution in [3.63, 3.8) is 0 Å². The highest BCUT2D eigenvalue weighted by Gasteiger charge is 2.35. The van der Waals surface area contributed by atoms with Crippen molar-refractivity contribution in [3.05, 3.63) is 81.8 Å². The lowest BCUT2D eigenvalue weighted by Gasteiger charge is -2.33. The Morgan fingerprint density at radius 2 is 1.73 bits per heavy atom. The molecule has 52 heavy (non-hydrogen) atoms. The minimum Gasteiger partial charge on any atom is -0.411 e. The fourth-order valence-electron chi connectivity index (χ4n) is 6.37. The predicted molar refractivity (Wildman–Crippen MR) is 204 cm³/mol. The van der Waals surface area contributed by atoms with E-state index in [9.17, 15) is 23.1 Å². The number of hydrogen-bond donors (Lipinski definition) is 4. The van der Waals surface area contributed by atoms with Crippen molar-refractivity contribution in [3.8, 4) is 0 Å². The summed E-state index contributed by atoms with van der Waals surface area (Å²) < 4.78 is 29.5.